The summed E-state index contributed by atoms with van der Waals surface area (Å²) in [7, 11) is 1.33. The zero-order valence-electron chi connectivity index (χ0n) is 9.83. The summed E-state index contributed by atoms with van der Waals surface area (Å²) in [6.45, 7) is 1.20. The van der Waals surface area contributed by atoms with Crippen LogP contribution in [0, 0.1) is 0 Å². The Hall–Kier alpha value is -1.42. The molecule has 1 N–H and O–H groups in total. The predicted molar refractivity (Wildman–Crippen MR) is 62.7 cm³/mol. The molecule has 0 aliphatic carbocycles. The average molecular weight is 237 g/mol. The molecule has 92 valence electrons. The number of ether oxygens (including phenoxy) is 1. The molecule has 1 atom stereocenters. The van der Waals surface area contributed by atoms with Crippen molar-refractivity contribution < 1.29 is 13.9 Å². The molecular formula is C13H16FNO2. The molecule has 2 rings (SSSR count). The van der Waals surface area contributed by atoms with Crippen LogP contribution in [0.2, 0.25) is 0 Å². The molecule has 1 aliphatic rings. The number of alkyl halides is 1. The van der Waals surface area contributed by atoms with Crippen LogP contribution in [0.25, 0.3) is 0 Å². The van der Waals surface area contributed by atoms with Crippen LogP contribution in [0.5, 0.6) is 0 Å². The third-order valence-electron chi connectivity index (χ3n) is 3.16. The van der Waals surface area contributed by atoms with Gasteiger partial charge in [-0.1, -0.05) is 12.1 Å². The van der Waals surface area contributed by atoms with Crippen LogP contribution in [-0.4, -0.2) is 26.2 Å². The number of esters is 1. The maximum atomic E-state index is 14.5. The van der Waals surface area contributed by atoms with Crippen molar-refractivity contribution in [2.45, 2.75) is 18.5 Å². The molecule has 1 fully saturated rings. The van der Waals surface area contributed by atoms with E-state index in [9.17, 15) is 9.18 Å². The minimum atomic E-state index is -1.31. The Balaban J connectivity index is 2.19. The molecule has 0 aromatic heterocycles. The zero-order chi connectivity index (χ0) is 12.3. The number of rotatable bonds is 2. The highest BCUT2D eigenvalue weighted by molar-refractivity contribution is 5.89. The van der Waals surface area contributed by atoms with Crippen molar-refractivity contribution in [2.24, 2.45) is 0 Å². The number of nitrogens with one attached hydrogen (secondary N) is 1. The lowest BCUT2D eigenvalue weighted by Gasteiger charge is -2.30. The van der Waals surface area contributed by atoms with Gasteiger partial charge in [0.05, 0.1) is 12.7 Å². The van der Waals surface area contributed by atoms with E-state index in [1.807, 2.05) is 0 Å². The predicted octanol–water partition coefficient (Wildman–Crippen LogP) is 2.02. The van der Waals surface area contributed by atoms with Crippen LogP contribution in [0.1, 0.15) is 28.8 Å². The zero-order valence-corrected chi connectivity index (χ0v) is 9.83. The van der Waals surface area contributed by atoms with Crippen LogP contribution in [-0.2, 0) is 10.4 Å². The van der Waals surface area contributed by atoms with Crippen LogP contribution < -0.4 is 5.32 Å². The highest BCUT2D eigenvalue weighted by Crippen LogP contribution is 2.32. The topological polar surface area (TPSA) is 38.3 Å². The van der Waals surface area contributed by atoms with Gasteiger partial charge in [0.25, 0.3) is 0 Å². The van der Waals surface area contributed by atoms with E-state index in [4.69, 9.17) is 0 Å². The first-order valence-electron chi connectivity index (χ1n) is 5.74. The molecule has 1 heterocycles. The lowest BCUT2D eigenvalue weighted by atomic mass is 9.88. The normalized spacial score (nSPS) is 24.4. The molecule has 0 radical (unpaired) electrons. The van der Waals surface area contributed by atoms with Gasteiger partial charge in [-0.05, 0) is 37.1 Å². The van der Waals surface area contributed by atoms with Crippen molar-refractivity contribution >= 4 is 5.97 Å². The summed E-state index contributed by atoms with van der Waals surface area (Å²) in [4.78, 5) is 11.3. The van der Waals surface area contributed by atoms with Gasteiger partial charge in [-0.2, -0.15) is 0 Å². The molecule has 0 bridgehead atoms. The number of hydrogen-bond acceptors (Lipinski definition) is 3. The Labute approximate surface area is 100.0 Å². The minimum absolute atomic E-state index is 0.338. The van der Waals surface area contributed by atoms with Gasteiger partial charge in [0, 0.05) is 6.54 Å². The third kappa shape index (κ3) is 2.47. The summed E-state index contributed by atoms with van der Waals surface area (Å²) in [5.74, 6) is -0.397. The van der Waals surface area contributed by atoms with Gasteiger partial charge >= 0.3 is 5.97 Å². The molecule has 1 aromatic carbocycles. The number of halogens is 1. The molecule has 0 amide bonds. The van der Waals surface area contributed by atoms with Crippen LogP contribution in [0.3, 0.4) is 0 Å². The van der Waals surface area contributed by atoms with Crippen molar-refractivity contribution in [3.8, 4) is 0 Å². The lowest BCUT2D eigenvalue weighted by molar-refractivity contribution is 0.0600. The number of hydrogen-bond donors (Lipinski definition) is 1. The summed E-state index contributed by atoms with van der Waals surface area (Å²) in [6.07, 6.45) is 1.35. The fraction of sp³-hybridized carbons (Fsp3) is 0.462. The van der Waals surface area contributed by atoms with E-state index in [1.165, 1.54) is 7.11 Å². The number of carbonyl (C=O) groups is 1. The second kappa shape index (κ2) is 4.84. The highest BCUT2D eigenvalue weighted by atomic mass is 19.1. The van der Waals surface area contributed by atoms with Gasteiger partial charge in [0.1, 0.15) is 5.67 Å². The molecule has 1 unspecified atom stereocenters. The number of benzene rings is 1. The Kier molecular flexibility index (Phi) is 3.43. The van der Waals surface area contributed by atoms with E-state index in [0.717, 1.165) is 13.0 Å². The van der Waals surface area contributed by atoms with Crippen molar-refractivity contribution in [1.82, 2.24) is 5.32 Å². The van der Waals surface area contributed by atoms with Gasteiger partial charge in [-0.15, -0.1) is 0 Å². The number of methoxy groups -OCH3 is 1. The molecule has 1 aromatic rings. The molecule has 0 spiro atoms. The summed E-state index contributed by atoms with van der Waals surface area (Å²) in [6, 6.07) is 6.55. The largest absolute Gasteiger partial charge is 0.465 e. The van der Waals surface area contributed by atoms with E-state index < -0.39 is 11.6 Å². The number of carbonyl (C=O) groups excluding carboxylic acids is 1. The standard InChI is InChI=1S/C13H16FNO2/c1-17-12(16)10-3-5-11(6-4-10)13(14)7-2-8-15-9-13/h3-6,15H,2,7-9H2,1H3. The first-order chi connectivity index (χ1) is 8.15. The van der Waals surface area contributed by atoms with Crippen molar-refractivity contribution in [3.63, 3.8) is 0 Å². The molecule has 4 heteroatoms. The van der Waals surface area contributed by atoms with E-state index in [-0.39, 0.29) is 0 Å². The van der Waals surface area contributed by atoms with E-state index in [1.54, 1.807) is 24.3 Å². The van der Waals surface area contributed by atoms with Crippen molar-refractivity contribution in [1.29, 1.82) is 0 Å². The summed E-state index contributed by atoms with van der Waals surface area (Å²) in [5, 5.41) is 3.06. The summed E-state index contributed by atoms with van der Waals surface area (Å²) >= 11 is 0. The fourth-order valence-corrected chi connectivity index (χ4v) is 2.14. The van der Waals surface area contributed by atoms with Crippen molar-refractivity contribution in [2.75, 3.05) is 20.2 Å². The molecular weight excluding hydrogens is 221 g/mol. The second-order valence-electron chi connectivity index (χ2n) is 4.31. The van der Waals surface area contributed by atoms with Gasteiger partial charge < -0.3 is 10.1 Å². The quantitative estimate of drug-likeness (QED) is 0.800. The number of piperidine rings is 1. The Morgan fingerprint density at radius 1 is 1.41 bits per heavy atom. The molecule has 1 aliphatic heterocycles. The Morgan fingerprint density at radius 3 is 2.65 bits per heavy atom. The van der Waals surface area contributed by atoms with Crippen molar-refractivity contribution in [3.05, 3.63) is 35.4 Å². The fourth-order valence-electron chi connectivity index (χ4n) is 2.14. The monoisotopic (exact) mass is 237 g/mol. The van der Waals surface area contributed by atoms with Gasteiger partial charge in [0.2, 0.25) is 0 Å². The second-order valence-corrected chi connectivity index (χ2v) is 4.31. The first kappa shape index (κ1) is 12.0. The maximum absolute atomic E-state index is 14.5. The van der Waals surface area contributed by atoms with E-state index in [0.29, 0.717) is 24.1 Å². The third-order valence-corrected chi connectivity index (χ3v) is 3.16. The van der Waals surface area contributed by atoms with E-state index in [2.05, 4.69) is 10.1 Å². The molecule has 3 nitrogen and oxygen atoms in total. The first-order valence-corrected chi connectivity index (χ1v) is 5.74. The molecule has 0 saturated carbocycles. The minimum Gasteiger partial charge on any atom is -0.465 e. The van der Waals surface area contributed by atoms with Crippen LogP contribution in [0.15, 0.2) is 24.3 Å². The highest BCUT2D eigenvalue weighted by Gasteiger charge is 2.33. The average Bonchev–Trinajstić information content (AvgIpc) is 2.39. The van der Waals surface area contributed by atoms with Gasteiger partial charge in [0.15, 0.2) is 0 Å². The lowest BCUT2D eigenvalue weighted by Crippen LogP contribution is -2.40. The van der Waals surface area contributed by atoms with E-state index >= 15 is 0 Å². The summed E-state index contributed by atoms with van der Waals surface area (Å²) < 4.78 is 19.1. The maximum Gasteiger partial charge on any atom is 0.337 e. The Bertz CT molecular complexity index is 396. The van der Waals surface area contributed by atoms with Gasteiger partial charge in [-0.25, -0.2) is 9.18 Å². The van der Waals surface area contributed by atoms with Gasteiger partial charge in [-0.3, -0.25) is 0 Å². The molecule has 17 heavy (non-hydrogen) atoms. The van der Waals surface area contributed by atoms with Crippen LogP contribution in [0.4, 0.5) is 4.39 Å². The Morgan fingerprint density at radius 2 is 2.12 bits per heavy atom. The molecule has 1 saturated heterocycles. The smallest absolute Gasteiger partial charge is 0.337 e. The summed E-state index contributed by atoms with van der Waals surface area (Å²) in [5.41, 5.74) is -0.242. The SMILES string of the molecule is COC(=O)c1ccc(C2(F)CCCNC2)cc1. The van der Waals surface area contributed by atoms with Crippen LogP contribution >= 0.6 is 0 Å².